The van der Waals surface area contributed by atoms with Gasteiger partial charge in [0.15, 0.2) is 0 Å². The van der Waals surface area contributed by atoms with Gasteiger partial charge in [-0.1, -0.05) is 60.7 Å². The fourth-order valence-corrected chi connectivity index (χ4v) is 3.33. The van der Waals surface area contributed by atoms with Gasteiger partial charge in [0.2, 0.25) is 0 Å². The standard InChI is InChI=1S/C22H18O4.C10H10O4/c23-21(25-15-17-7-3-1-4-8-17)19-11-13-20(14-12-19)22(24)26-16-18-9-5-2-6-10-18;1-13-9(11)7-3-5-8(6-4-7)10(12)14-2/h1-14H,15-16H2;3-6H,1-2H3. The smallest absolute Gasteiger partial charge is 0.338 e. The van der Waals surface area contributed by atoms with E-state index in [9.17, 15) is 19.2 Å². The molecule has 0 atom stereocenters. The summed E-state index contributed by atoms with van der Waals surface area (Å²) >= 11 is 0. The van der Waals surface area contributed by atoms with Crippen LogP contribution in [0.15, 0.2) is 109 Å². The van der Waals surface area contributed by atoms with Crippen molar-refractivity contribution in [2.45, 2.75) is 13.2 Å². The van der Waals surface area contributed by atoms with Crippen LogP contribution in [0.25, 0.3) is 0 Å². The van der Waals surface area contributed by atoms with E-state index >= 15 is 0 Å². The Morgan fingerprint density at radius 1 is 0.425 bits per heavy atom. The van der Waals surface area contributed by atoms with Gasteiger partial charge in [-0.2, -0.15) is 0 Å². The molecular weight excluding hydrogens is 512 g/mol. The summed E-state index contributed by atoms with van der Waals surface area (Å²) in [6.07, 6.45) is 0. The number of methoxy groups -OCH3 is 2. The van der Waals surface area contributed by atoms with Crippen molar-refractivity contribution in [3.05, 3.63) is 143 Å². The molecule has 0 heterocycles. The van der Waals surface area contributed by atoms with Crippen molar-refractivity contribution in [2.24, 2.45) is 0 Å². The van der Waals surface area contributed by atoms with Crippen LogP contribution in [0.4, 0.5) is 0 Å². The first-order valence-corrected chi connectivity index (χ1v) is 12.2. The fraction of sp³-hybridized carbons (Fsp3) is 0.125. The summed E-state index contributed by atoms with van der Waals surface area (Å²) in [5.41, 5.74) is 3.42. The lowest BCUT2D eigenvalue weighted by molar-refractivity contribution is 0.0458. The minimum Gasteiger partial charge on any atom is -0.465 e. The number of hydrogen-bond donors (Lipinski definition) is 0. The first-order valence-electron chi connectivity index (χ1n) is 12.2. The highest BCUT2D eigenvalue weighted by molar-refractivity contribution is 5.94. The molecule has 40 heavy (non-hydrogen) atoms. The number of carbonyl (C=O) groups excluding carboxylic acids is 4. The maximum absolute atomic E-state index is 12.1. The third-order valence-electron chi connectivity index (χ3n) is 5.51. The zero-order valence-electron chi connectivity index (χ0n) is 22.1. The molecule has 8 nitrogen and oxygen atoms in total. The monoisotopic (exact) mass is 540 g/mol. The molecule has 0 radical (unpaired) electrons. The Hall–Kier alpha value is -5.24. The maximum atomic E-state index is 12.1. The summed E-state index contributed by atoms with van der Waals surface area (Å²) in [7, 11) is 2.60. The number of carbonyl (C=O) groups is 4. The van der Waals surface area contributed by atoms with Gasteiger partial charge in [0.1, 0.15) is 13.2 Å². The zero-order chi connectivity index (χ0) is 28.7. The van der Waals surface area contributed by atoms with Crippen LogP contribution >= 0.6 is 0 Å². The SMILES string of the molecule is COC(=O)c1ccc(C(=O)OC)cc1.O=C(OCc1ccccc1)c1ccc(C(=O)OCc2ccccc2)cc1. The molecule has 0 aliphatic rings. The average molecular weight is 541 g/mol. The second kappa shape index (κ2) is 15.2. The third kappa shape index (κ3) is 8.95. The van der Waals surface area contributed by atoms with E-state index in [1.807, 2.05) is 60.7 Å². The predicted molar refractivity (Wildman–Crippen MR) is 147 cm³/mol. The zero-order valence-corrected chi connectivity index (χ0v) is 22.1. The Kier molecular flexibility index (Phi) is 11.2. The molecule has 0 aromatic heterocycles. The minimum absolute atomic E-state index is 0.209. The molecule has 4 aromatic carbocycles. The highest BCUT2D eigenvalue weighted by atomic mass is 16.5. The first-order chi connectivity index (χ1) is 19.4. The van der Waals surface area contributed by atoms with Crippen LogP contribution in [0.1, 0.15) is 52.6 Å². The van der Waals surface area contributed by atoms with E-state index in [-0.39, 0.29) is 13.2 Å². The molecular formula is C32H28O8. The second-order valence-corrected chi connectivity index (χ2v) is 8.26. The Morgan fingerprint density at radius 2 is 0.700 bits per heavy atom. The maximum Gasteiger partial charge on any atom is 0.338 e. The summed E-state index contributed by atoms with van der Waals surface area (Å²) in [6.45, 7) is 0.418. The van der Waals surface area contributed by atoms with E-state index in [0.29, 0.717) is 22.3 Å². The van der Waals surface area contributed by atoms with Crippen LogP contribution in [0.3, 0.4) is 0 Å². The number of ether oxygens (including phenoxy) is 4. The molecule has 0 fully saturated rings. The van der Waals surface area contributed by atoms with E-state index in [4.69, 9.17) is 9.47 Å². The van der Waals surface area contributed by atoms with Crippen molar-refractivity contribution in [3.8, 4) is 0 Å². The lowest BCUT2D eigenvalue weighted by Gasteiger charge is -2.07. The average Bonchev–Trinajstić information content (AvgIpc) is 3.03. The molecule has 4 rings (SSSR count). The van der Waals surface area contributed by atoms with Gasteiger partial charge in [0.05, 0.1) is 36.5 Å². The topological polar surface area (TPSA) is 105 Å². The van der Waals surface area contributed by atoms with Crippen LogP contribution in [0.5, 0.6) is 0 Å². The molecule has 8 heteroatoms. The molecule has 204 valence electrons. The molecule has 0 saturated heterocycles. The van der Waals surface area contributed by atoms with E-state index in [2.05, 4.69) is 9.47 Å². The highest BCUT2D eigenvalue weighted by Gasteiger charge is 2.12. The van der Waals surface area contributed by atoms with Crippen LogP contribution in [0, 0.1) is 0 Å². The van der Waals surface area contributed by atoms with E-state index in [1.165, 1.54) is 38.5 Å². The van der Waals surface area contributed by atoms with Crippen LogP contribution in [-0.2, 0) is 32.2 Å². The van der Waals surface area contributed by atoms with Crippen molar-refractivity contribution in [1.29, 1.82) is 0 Å². The van der Waals surface area contributed by atoms with Crippen LogP contribution < -0.4 is 0 Å². The third-order valence-corrected chi connectivity index (χ3v) is 5.51. The lowest BCUT2D eigenvalue weighted by atomic mass is 10.1. The Bertz CT molecular complexity index is 1290. The summed E-state index contributed by atoms with van der Waals surface area (Å²) in [4.78, 5) is 46.2. The van der Waals surface area contributed by atoms with Crippen LogP contribution in [0.2, 0.25) is 0 Å². The van der Waals surface area contributed by atoms with Gasteiger partial charge in [-0.25, -0.2) is 19.2 Å². The molecule has 0 amide bonds. The van der Waals surface area contributed by atoms with Crippen molar-refractivity contribution in [1.82, 2.24) is 0 Å². The Labute approximate surface area is 232 Å². The molecule has 0 aliphatic carbocycles. The van der Waals surface area contributed by atoms with Gasteiger partial charge >= 0.3 is 23.9 Å². The Balaban J connectivity index is 0.000000267. The van der Waals surface area contributed by atoms with Gasteiger partial charge in [0, 0.05) is 0 Å². The van der Waals surface area contributed by atoms with Gasteiger partial charge < -0.3 is 18.9 Å². The molecule has 0 saturated carbocycles. The van der Waals surface area contributed by atoms with Gasteiger partial charge in [-0.15, -0.1) is 0 Å². The molecule has 0 N–H and O–H groups in total. The number of rotatable bonds is 8. The Morgan fingerprint density at radius 3 is 0.975 bits per heavy atom. The van der Waals surface area contributed by atoms with Gasteiger partial charge in [0.25, 0.3) is 0 Å². The first kappa shape index (κ1) is 29.3. The quantitative estimate of drug-likeness (QED) is 0.208. The van der Waals surface area contributed by atoms with Crippen LogP contribution in [-0.4, -0.2) is 38.1 Å². The summed E-state index contributed by atoms with van der Waals surface area (Å²) < 4.78 is 19.5. The molecule has 0 spiro atoms. The summed E-state index contributed by atoms with van der Waals surface area (Å²) in [5.74, 6) is -1.72. The number of esters is 4. The van der Waals surface area contributed by atoms with Gasteiger partial charge in [-0.3, -0.25) is 0 Å². The molecule has 0 unspecified atom stereocenters. The minimum atomic E-state index is -0.432. The normalized spacial score (nSPS) is 9.85. The second-order valence-electron chi connectivity index (χ2n) is 8.26. The molecule has 4 aromatic rings. The van der Waals surface area contributed by atoms with Gasteiger partial charge in [-0.05, 0) is 59.7 Å². The molecule has 0 aliphatic heterocycles. The number of hydrogen-bond acceptors (Lipinski definition) is 8. The van der Waals surface area contributed by atoms with Crippen molar-refractivity contribution >= 4 is 23.9 Å². The highest BCUT2D eigenvalue weighted by Crippen LogP contribution is 2.11. The van der Waals surface area contributed by atoms with E-state index < -0.39 is 23.9 Å². The van der Waals surface area contributed by atoms with E-state index in [1.54, 1.807) is 24.3 Å². The van der Waals surface area contributed by atoms with E-state index in [0.717, 1.165) is 11.1 Å². The number of benzene rings is 4. The fourth-order valence-electron chi connectivity index (χ4n) is 3.33. The van der Waals surface area contributed by atoms with Crippen molar-refractivity contribution < 1.29 is 38.1 Å². The lowest BCUT2D eigenvalue weighted by Crippen LogP contribution is -2.08. The summed E-state index contributed by atoms with van der Waals surface area (Å²) in [6, 6.07) is 31.2. The van der Waals surface area contributed by atoms with Crippen molar-refractivity contribution in [2.75, 3.05) is 14.2 Å². The summed E-state index contributed by atoms with van der Waals surface area (Å²) in [5, 5.41) is 0. The largest absolute Gasteiger partial charge is 0.465 e. The molecule has 0 bridgehead atoms. The van der Waals surface area contributed by atoms with Crippen molar-refractivity contribution in [3.63, 3.8) is 0 Å². The predicted octanol–water partition coefficient (Wildman–Crippen LogP) is 5.66.